The zero-order valence-electron chi connectivity index (χ0n) is 20.2. The number of carbonyl (C=O) groups excluding carboxylic acids is 1. The van der Waals surface area contributed by atoms with Crippen LogP contribution >= 0.6 is 24.0 Å². The van der Waals surface area contributed by atoms with Crippen molar-refractivity contribution in [2.75, 3.05) is 45.2 Å². The fourth-order valence-electron chi connectivity index (χ4n) is 4.69. The maximum Gasteiger partial charge on any atom is 0.230 e. The molecular formula is C24H41IN6O. The maximum absolute atomic E-state index is 12.8. The fourth-order valence-corrected chi connectivity index (χ4v) is 4.69. The Morgan fingerprint density at radius 2 is 1.91 bits per heavy atom. The molecule has 0 spiro atoms. The van der Waals surface area contributed by atoms with Crippen molar-refractivity contribution in [1.82, 2.24) is 20.5 Å². The Labute approximate surface area is 210 Å². The summed E-state index contributed by atoms with van der Waals surface area (Å²) in [5, 5.41) is 6.75. The number of hydrogen-bond donors (Lipinski definition) is 2. The van der Waals surface area contributed by atoms with E-state index >= 15 is 0 Å². The lowest BCUT2D eigenvalue weighted by Crippen LogP contribution is -2.49. The monoisotopic (exact) mass is 556 g/mol. The molecule has 0 aromatic carbocycles. The molecule has 1 amide bonds. The van der Waals surface area contributed by atoms with E-state index in [1.165, 1.54) is 12.8 Å². The van der Waals surface area contributed by atoms with Gasteiger partial charge in [0.05, 0.1) is 12.0 Å². The van der Waals surface area contributed by atoms with E-state index in [-0.39, 0.29) is 35.3 Å². The number of piperidine rings is 1. The first-order chi connectivity index (χ1) is 14.9. The number of hydrogen-bond acceptors (Lipinski definition) is 4. The van der Waals surface area contributed by atoms with Gasteiger partial charge in [0.2, 0.25) is 5.91 Å². The van der Waals surface area contributed by atoms with Gasteiger partial charge >= 0.3 is 0 Å². The van der Waals surface area contributed by atoms with E-state index in [1.807, 2.05) is 20.3 Å². The van der Waals surface area contributed by atoms with E-state index in [0.717, 1.165) is 68.6 Å². The molecule has 2 fully saturated rings. The van der Waals surface area contributed by atoms with Gasteiger partial charge in [0.1, 0.15) is 5.82 Å². The van der Waals surface area contributed by atoms with Gasteiger partial charge in [-0.25, -0.2) is 9.98 Å². The maximum atomic E-state index is 12.8. The number of halogens is 1. The van der Waals surface area contributed by atoms with Crippen molar-refractivity contribution < 1.29 is 4.79 Å². The van der Waals surface area contributed by atoms with E-state index in [4.69, 9.17) is 4.99 Å². The first kappa shape index (κ1) is 26.7. The number of aromatic nitrogens is 1. The Hall–Kier alpha value is -1.58. The third kappa shape index (κ3) is 6.96. The summed E-state index contributed by atoms with van der Waals surface area (Å²) in [5.74, 6) is 2.86. The van der Waals surface area contributed by atoms with Gasteiger partial charge in [0, 0.05) is 46.5 Å². The number of nitrogens with zero attached hydrogens (tertiary/aromatic N) is 4. The lowest BCUT2D eigenvalue weighted by Gasteiger charge is -2.31. The molecule has 0 radical (unpaired) electrons. The van der Waals surface area contributed by atoms with Gasteiger partial charge in [-0.2, -0.15) is 0 Å². The minimum atomic E-state index is -0.311. The average molecular weight is 557 g/mol. The van der Waals surface area contributed by atoms with Crippen LogP contribution < -0.4 is 15.5 Å². The first-order valence-electron chi connectivity index (χ1n) is 11.9. The summed E-state index contributed by atoms with van der Waals surface area (Å²) in [5.41, 5.74) is 0.778. The normalized spacial score (nSPS) is 18.8. The molecule has 7 nitrogen and oxygen atoms in total. The van der Waals surface area contributed by atoms with Gasteiger partial charge in [-0.15, -0.1) is 24.0 Å². The van der Waals surface area contributed by atoms with Crippen LogP contribution in [0.5, 0.6) is 0 Å². The molecular weight excluding hydrogens is 515 g/mol. The molecule has 8 heteroatoms. The number of carbonyl (C=O) groups is 1. The summed E-state index contributed by atoms with van der Waals surface area (Å²) in [6.07, 6.45) is 8.53. The molecule has 2 heterocycles. The van der Waals surface area contributed by atoms with Gasteiger partial charge in [-0.05, 0) is 50.2 Å². The van der Waals surface area contributed by atoms with Crippen molar-refractivity contribution in [2.24, 2.45) is 16.3 Å². The molecule has 1 saturated carbocycles. The van der Waals surface area contributed by atoms with Crippen LogP contribution in [0.3, 0.4) is 0 Å². The Kier molecular flexibility index (Phi) is 10.5. The predicted octanol–water partition coefficient (Wildman–Crippen LogP) is 3.64. The topological polar surface area (TPSA) is 72.9 Å². The molecule has 2 N–H and O–H groups in total. The number of guanidine groups is 1. The number of aliphatic imine (C=N–C) groups is 1. The highest BCUT2D eigenvalue weighted by molar-refractivity contribution is 14.0. The summed E-state index contributed by atoms with van der Waals surface area (Å²) in [7, 11) is 3.70. The van der Waals surface area contributed by atoms with Crippen LogP contribution in [-0.4, -0.2) is 62.0 Å². The van der Waals surface area contributed by atoms with Crippen LogP contribution in [0.25, 0.3) is 0 Å². The van der Waals surface area contributed by atoms with Crippen LogP contribution in [0.4, 0.5) is 5.82 Å². The zero-order chi connectivity index (χ0) is 22.3. The Balaban J connectivity index is 0.00000363. The molecule has 1 aliphatic heterocycles. The van der Waals surface area contributed by atoms with Crippen molar-refractivity contribution in [3.63, 3.8) is 0 Å². The number of pyridine rings is 1. The Morgan fingerprint density at radius 3 is 2.47 bits per heavy atom. The molecule has 2 aliphatic rings. The average Bonchev–Trinajstić information content (AvgIpc) is 3.26. The standard InChI is InChI=1S/C24H40N6O.HI/c1-5-25-23(28-18-24(12-6-7-13-24)22(31)29(3)4)27-17-20-8-9-21(26-16-20)30-14-10-19(2)11-15-30;/h8-9,16,19H,5-7,10-15,17-18H2,1-4H3,(H2,25,27,28);1H. The second-order valence-corrected chi connectivity index (χ2v) is 9.43. The second kappa shape index (κ2) is 12.6. The molecule has 1 aromatic heterocycles. The Morgan fingerprint density at radius 1 is 1.22 bits per heavy atom. The van der Waals surface area contributed by atoms with Crippen molar-refractivity contribution in [3.05, 3.63) is 23.9 Å². The van der Waals surface area contributed by atoms with Gasteiger partial charge in [0.25, 0.3) is 0 Å². The highest BCUT2D eigenvalue weighted by atomic mass is 127. The second-order valence-electron chi connectivity index (χ2n) is 9.43. The van der Waals surface area contributed by atoms with E-state index < -0.39 is 0 Å². The van der Waals surface area contributed by atoms with Crippen molar-refractivity contribution in [1.29, 1.82) is 0 Å². The largest absolute Gasteiger partial charge is 0.357 e. The van der Waals surface area contributed by atoms with Gasteiger partial charge in [-0.3, -0.25) is 4.79 Å². The van der Waals surface area contributed by atoms with Crippen molar-refractivity contribution in [3.8, 4) is 0 Å². The molecule has 0 bridgehead atoms. The molecule has 0 unspecified atom stereocenters. The van der Waals surface area contributed by atoms with Crippen LogP contribution in [0.2, 0.25) is 0 Å². The highest BCUT2D eigenvalue weighted by Gasteiger charge is 2.42. The lowest BCUT2D eigenvalue weighted by molar-refractivity contribution is -0.138. The van der Waals surface area contributed by atoms with E-state index in [9.17, 15) is 4.79 Å². The van der Waals surface area contributed by atoms with E-state index in [0.29, 0.717) is 13.1 Å². The SMILES string of the molecule is CCNC(=NCc1ccc(N2CCC(C)CC2)nc1)NCC1(C(=O)N(C)C)CCCC1.I. The quantitative estimate of drug-likeness (QED) is 0.305. The molecule has 1 saturated heterocycles. The van der Waals surface area contributed by atoms with Crippen LogP contribution in [0, 0.1) is 11.3 Å². The molecule has 180 valence electrons. The molecule has 3 rings (SSSR count). The van der Waals surface area contributed by atoms with Gasteiger partial charge in [0.15, 0.2) is 5.96 Å². The summed E-state index contributed by atoms with van der Waals surface area (Å²) in [4.78, 5) is 26.3. The molecule has 1 aromatic rings. The smallest absolute Gasteiger partial charge is 0.230 e. The zero-order valence-corrected chi connectivity index (χ0v) is 22.5. The first-order valence-corrected chi connectivity index (χ1v) is 11.9. The predicted molar refractivity (Wildman–Crippen MR) is 143 cm³/mol. The van der Waals surface area contributed by atoms with Crippen molar-refractivity contribution >= 4 is 41.7 Å². The highest BCUT2D eigenvalue weighted by Crippen LogP contribution is 2.38. The summed E-state index contributed by atoms with van der Waals surface area (Å²) < 4.78 is 0. The van der Waals surface area contributed by atoms with E-state index in [2.05, 4.69) is 46.5 Å². The third-order valence-electron chi connectivity index (χ3n) is 6.70. The number of rotatable bonds is 7. The molecule has 1 aliphatic carbocycles. The fraction of sp³-hybridized carbons (Fsp3) is 0.708. The summed E-state index contributed by atoms with van der Waals surface area (Å²) in [6, 6.07) is 4.24. The lowest BCUT2D eigenvalue weighted by atomic mass is 9.84. The number of nitrogens with one attached hydrogen (secondary N) is 2. The van der Waals surface area contributed by atoms with Gasteiger partial charge < -0.3 is 20.4 Å². The van der Waals surface area contributed by atoms with Crippen LogP contribution in [0.1, 0.15) is 57.9 Å². The number of amides is 1. The minimum absolute atomic E-state index is 0. The Bertz CT molecular complexity index is 737. The number of anilines is 1. The summed E-state index contributed by atoms with van der Waals surface area (Å²) >= 11 is 0. The van der Waals surface area contributed by atoms with Gasteiger partial charge in [-0.1, -0.05) is 25.8 Å². The van der Waals surface area contributed by atoms with E-state index in [1.54, 1.807) is 4.90 Å². The molecule has 0 atom stereocenters. The third-order valence-corrected chi connectivity index (χ3v) is 6.70. The molecule has 32 heavy (non-hydrogen) atoms. The van der Waals surface area contributed by atoms with Crippen LogP contribution in [0.15, 0.2) is 23.3 Å². The summed E-state index contributed by atoms with van der Waals surface area (Å²) in [6.45, 7) is 8.54. The minimum Gasteiger partial charge on any atom is -0.357 e. The van der Waals surface area contributed by atoms with Crippen LogP contribution in [-0.2, 0) is 11.3 Å². The van der Waals surface area contributed by atoms with Crippen molar-refractivity contribution in [2.45, 2.75) is 58.9 Å².